The van der Waals surface area contributed by atoms with E-state index < -0.39 is 0 Å². The predicted octanol–water partition coefficient (Wildman–Crippen LogP) is 3.98. The molecule has 0 aliphatic carbocycles. The summed E-state index contributed by atoms with van der Waals surface area (Å²) in [4.78, 5) is 15.4. The van der Waals surface area contributed by atoms with Gasteiger partial charge in [0.15, 0.2) is 11.5 Å². The molecule has 1 aromatic heterocycles. The van der Waals surface area contributed by atoms with Crippen LogP contribution in [0.2, 0.25) is 0 Å². The molecule has 0 fully saturated rings. The van der Waals surface area contributed by atoms with Crippen LogP contribution in [0.1, 0.15) is 11.3 Å². The van der Waals surface area contributed by atoms with Gasteiger partial charge in [-0.15, -0.1) is 0 Å². The Morgan fingerprint density at radius 1 is 0.962 bits per heavy atom. The van der Waals surface area contributed by atoms with Crippen LogP contribution in [0.3, 0.4) is 0 Å². The molecule has 2 N–H and O–H groups in total. The standard InChI is InChI=1S/C21H22N2O3/c1-14-11-17(16-7-5-4-6-8-16)20(21(24)23-14)22-13-15-9-10-18(25-2)19(12-15)26-3/h4-12,22H,13H2,1-3H3,(H,23,24). The van der Waals surface area contributed by atoms with Crippen molar-refractivity contribution < 1.29 is 9.47 Å². The molecular formula is C21H22N2O3. The molecule has 5 nitrogen and oxygen atoms in total. The SMILES string of the molecule is COc1ccc(CNc2c(-c3ccccc3)cc(C)[nH]c2=O)cc1OC. The number of pyridine rings is 1. The highest BCUT2D eigenvalue weighted by Crippen LogP contribution is 2.29. The van der Waals surface area contributed by atoms with Crippen molar-refractivity contribution in [2.75, 3.05) is 19.5 Å². The summed E-state index contributed by atoms with van der Waals surface area (Å²) in [5.74, 6) is 1.34. The fourth-order valence-corrected chi connectivity index (χ4v) is 2.89. The fourth-order valence-electron chi connectivity index (χ4n) is 2.89. The van der Waals surface area contributed by atoms with Gasteiger partial charge in [0, 0.05) is 17.8 Å². The van der Waals surface area contributed by atoms with Crippen LogP contribution in [0, 0.1) is 6.92 Å². The van der Waals surface area contributed by atoms with Crippen molar-refractivity contribution in [2.24, 2.45) is 0 Å². The Hall–Kier alpha value is -3.21. The molecule has 26 heavy (non-hydrogen) atoms. The first kappa shape index (κ1) is 17.6. The number of aryl methyl sites for hydroxylation is 1. The number of rotatable bonds is 6. The minimum absolute atomic E-state index is 0.135. The largest absolute Gasteiger partial charge is 0.493 e. The summed E-state index contributed by atoms with van der Waals surface area (Å²) in [6, 6.07) is 17.6. The lowest BCUT2D eigenvalue weighted by Crippen LogP contribution is -2.16. The second kappa shape index (κ2) is 7.78. The lowest BCUT2D eigenvalue weighted by molar-refractivity contribution is 0.354. The normalized spacial score (nSPS) is 10.4. The number of aromatic amines is 1. The summed E-state index contributed by atoms with van der Waals surface area (Å²) in [5.41, 5.74) is 4.11. The van der Waals surface area contributed by atoms with Gasteiger partial charge in [-0.3, -0.25) is 4.79 Å². The first-order valence-electron chi connectivity index (χ1n) is 8.36. The van der Waals surface area contributed by atoms with E-state index in [1.807, 2.05) is 61.5 Å². The highest BCUT2D eigenvalue weighted by Gasteiger charge is 2.11. The number of aromatic nitrogens is 1. The Balaban J connectivity index is 1.92. The lowest BCUT2D eigenvalue weighted by atomic mass is 10.0. The van der Waals surface area contributed by atoms with Crippen molar-refractivity contribution in [3.05, 3.63) is 76.2 Å². The van der Waals surface area contributed by atoms with Gasteiger partial charge in [0.25, 0.3) is 5.56 Å². The van der Waals surface area contributed by atoms with Crippen LogP contribution in [-0.2, 0) is 6.54 Å². The zero-order chi connectivity index (χ0) is 18.5. The maximum Gasteiger partial charge on any atom is 0.272 e. The number of ether oxygens (including phenoxy) is 2. The maximum absolute atomic E-state index is 12.5. The number of methoxy groups -OCH3 is 2. The number of benzene rings is 2. The molecule has 0 bridgehead atoms. The van der Waals surface area contributed by atoms with E-state index in [4.69, 9.17) is 9.47 Å². The van der Waals surface area contributed by atoms with Crippen LogP contribution in [0.5, 0.6) is 11.5 Å². The summed E-state index contributed by atoms with van der Waals surface area (Å²) >= 11 is 0. The Kier molecular flexibility index (Phi) is 5.27. The van der Waals surface area contributed by atoms with Gasteiger partial charge in [-0.1, -0.05) is 36.4 Å². The maximum atomic E-state index is 12.5. The van der Waals surface area contributed by atoms with Crippen molar-refractivity contribution in [2.45, 2.75) is 13.5 Å². The molecule has 0 radical (unpaired) electrons. The smallest absolute Gasteiger partial charge is 0.272 e. The first-order valence-corrected chi connectivity index (χ1v) is 8.36. The van der Waals surface area contributed by atoms with Crippen molar-refractivity contribution in [3.63, 3.8) is 0 Å². The van der Waals surface area contributed by atoms with E-state index in [0.717, 1.165) is 22.4 Å². The number of anilines is 1. The molecule has 0 saturated heterocycles. The quantitative estimate of drug-likeness (QED) is 0.706. The molecule has 3 aromatic rings. The molecule has 1 heterocycles. The Morgan fingerprint density at radius 2 is 1.69 bits per heavy atom. The average Bonchev–Trinajstić information content (AvgIpc) is 2.67. The van der Waals surface area contributed by atoms with Crippen LogP contribution in [0.25, 0.3) is 11.1 Å². The molecule has 3 rings (SSSR count). The zero-order valence-electron chi connectivity index (χ0n) is 15.1. The predicted molar refractivity (Wildman–Crippen MR) is 104 cm³/mol. The van der Waals surface area contributed by atoms with Crippen LogP contribution in [0.4, 0.5) is 5.69 Å². The van der Waals surface area contributed by atoms with E-state index in [9.17, 15) is 4.79 Å². The summed E-state index contributed by atoms with van der Waals surface area (Å²) in [5, 5.41) is 3.27. The van der Waals surface area contributed by atoms with E-state index in [1.54, 1.807) is 14.2 Å². The van der Waals surface area contributed by atoms with Crippen LogP contribution < -0.4 is 20.3 Å². The molecule has 134 valence electrons. The first-order chi connectivity index (χ1) is 12.6. The molecule has 0 aliphatic rings. The third-order valence-electron chi connectivity index (χ3n) is 4.17. The Bertz CT molecular complexity index is 949. The van der Waals surface area contributed by atoms with E-state index in [-0.39, 0.29) is 5.56 Å². The van der Waals surface area contributed by atoms with Crippen LogP contribution in [-0.4, -0.2) is 19.2 Å². The Labute approximate surface area is 152 Å². The summed E-state index contributed by atoms with van der Waals surface area (Å²) in [6.07, 6.45) is 0. The number of H-pyrrole nitrogens is 1. The van der Waals surface area contributed by atoms with E-state index >= 15 is 0 Å². The molecular weight excluding hydrogens is 328 g/mol. The summed E-state index contributed by atoms with van der Waals surface area (Å²) in [7, 11) is 3.21. The second-order valence-electron chi connectivity index (χ2n) is 5.98. The van der Waals surface area contributed by atoms with Crippen molar-refractivity contribution in [1.82, 2.24) is 4.98 Å². The van der Waals surface area contributed by atoms with Gasteiger partial charge in [0.05, 0.1) is 14.2 Å². The average molecular weight is 350 g/mol. The topological polar surface area (TPSA) is 63.3 Å². The molecule has 0 spiro atoms. The molecule has 0 unspecified atom stereocenters. The minimum atomic E-state index is -0.135. The zero-order valence-corrected chi connectivity index (χ0v) is 15.1. The number of hydrogen-bond donors (Lipinski definition) is 2. The van der Waals surface area contributed by atoms with Gasteiger partial charge in [-0.05, 0) is 36.2 Å². The van der Waals surface area contributed by atoms with Gasteiger partial charge in [0.2, 0.25) is 0 Å². The van der Waals surface area contributed by atoms with Gasteiger partial charge in [-0.25, -0.2) is 0 Å². The molecule has 0 atom stereocenters. The molecule has 2 aromatic carbocycles. The molecule has 0 saturated carbocycles. The van der Waals surface area contributed by atoms with E-state index in [2.05, 4.69) is 10.3 Å². The minimum Gasteiger partial charge on any atom is -0.493 e. The number of hydrogen-bond acceptors (Lipinski definition) is 4. The second-order valence-corrected chi connectivity index (χ2v) is 5.98. The molecule has 0 amide bonds. The monoisotopic (exact) mass is 350 g/mol. The summed E-state index contributed by atoms with van der Waals surface area (Å²) in [6.45, 7) is 2.37. The van der Waals surface area contributed by atoms with E-state index in [0.29, 0.717) is 23.7 Å². The lowest BCUT2D eigenvalue weighted by Gasteiger charge is -2.14. The molecule has 5 heteroatoms. The van der Waals surface area contributed by atoms with Crippen molar-refractivity contribution >= 4 is 5.69 Å². The van der Waals surface area contributed by atoms with Crippen molar-refractivity contribution in [1.29, 1.82) is 0 Å². The van der Waals surface area contributed by atoms with Gasteiger partial charge in [-0.2, -0.15) is 0 Å². The Morgan fingerprint density at radius 3 is 2.38 bits per heavy atom. The van der Waals surface area contributed by atoms with Gasteiger partial charge >= 0.3 is 0 Å². The van der Waals surface area contributed by atoms with E-state index in [1.165, 1.54) is 0 Å². The fraction of sp³-hybridized carbons (Fsp3) is 0.190. The van der Waals surface area contributed by atoms with Gasteiger partial charge in [0.1, 0.15) is 5.69 Å². The van der Waals surface area contributed by atoms with Crippen LogP contribution >= 0.6 is 0 Å². The highest BCUT2D eigenvalue weighted by atomic mass is 16.5. The highest BCUT2D eigenvalue weighted by molar-refractivity contribution is 5.77. The van der Waals surface area contributed by atoms with Crippen LogP contribution in [0.15, 0.2) is 59.4 Å². The third-order valence-corrected chi connectivity index (χ3v) is 4.17. The number of nitrogens with one attached hydrogen (secondary N) is 2. The third kappa shape index (κ3) is 3.72. The summed E-state index contributed by atoms with van der Waals surface area (Å²) < 4.78 is 10.6. The van der Waals surface area contributed by atoms with Crippen molar-refractivity contribution in [3.8, 4) is 22.6 Å². The molecule has 0 aliphatic heterocycles. The van der Waals surface area contributed by atoms with Gasteiger partial charge < -0.3 is 19.8 Å².